The molecule has 1 heterocycles. The lowest BCUT2D eigenvalue weighted by Crippen LogP contribution is -2.02. The fourth-order valence-corrected chi connectivity index (χ4v) is 2.79. The minimum Gasteiger partial charge on any atom is -0.464 e. The van der Waals surface area contributed by atoms with Gasteiger partial charge in [-0.1, -0.05) is 42.5 Å². The fraction of sp³-hybridized carbons (Fsp3) is 0.0588. The molecule has 1 unspecified atom stereocenters. The van der Waals surface area contributed by atoms with Gasteiger partial charge in [-0.15, -0.1) is 0 Å². The van der Waals surface area contributed by atoms with Crippen LogP contribution in [0.3, 0.4) is 0 Å². The predicted octanol–water partition coefficient (Wildman–Crippen LogP) is 3.89. The third kappa shape index (κ3) is 1.28. The summed E-state index contributed by atoms with van der Waals surface area (Å²) in [4.78, 5) is 0. The molecular weight excluding hydrogens is 220 g/mol. The smallest absolute Gasteiger partial charge is 0.141 e. The maximum absolute atomic E-state index is 5.73. The van der Waals surface area contributed by atoms with Crippen molar-refractivity contribution in [3.8, 4) is 0 Å². The van der Waals surface area contributed by atoms with Crippen LogP contribution in [-0.4, -0.2) is 0 Å². The molecule has 86 valence electrons. The van der Waals surface area contributed by atoms with Crippen LogP contribution in [0.25, 0.3) is 0 Å². The molecule has 1 atom stereocenters. The van der Waals surface area contributed by atoms with Gasteiger partial charge >= 0.3 is 0 Å². The van der Waals surface area contributed by atoms with E-state index < -0.39 is 0 Å². The summed E-state index contributed by atoms with van der Waals surface area (Å²) in [7, 11) is 0. The molecule has 0 spiro atoms. The predicted molar refractivity (Wildman–Crippen MR) is 72.4 cm³/mol. The Balaban J connectivity index is 1.95. The van der Waals surface area contributed by atoms with Gasteiger partial charge in [-0.05, 0) is 29.4 Å². The Morgan fingerprint density at radius 3 is 2.94 bits per heavy atom. The lowest BCUT2D eigenvalue weighted by Gasteiger charge is -2.15. The first-order valence-electron chi connectivity index (χ1n) is 6.17. The van der Waals surface area contributed by atoms with E-state index in [0.29, 0.717) is 5.92 Å². The molecule has 4 rings (SSSR count). The number of hydrogen-bond acceptors (Lipinski definition) is 1. The quantitative estimate of drug-likeness (QED) is 0.615. The molecule has 1 nitrogen and oxygen atoms in total. The van der Waals surface area contributed by atoms with Gasteiger partial charge in [0, 0.05) is 17.1 Å². The van der Waals surface area contributed by atoms with E-state index in [1.54, 1.807) is 6.26 Å². The van der Waals surface area contributed by atoms with Crippen LogP contribution in [0.5, 0.6) is 0 Å². The zero-order chi connectivity index (χ0) is 11.9. The van der Waals surface area contributed by atoms with Crippen molar-refractivity contribution in [3.05, 3.63) is 95.1 Å². The lowest BCUT2D eigenvalue weighted by molar-refractivity contribution is 0.356. The van der Waals surface area contributed by atoms with E-state index in [0.717, 1.165) is 11.3 Å². The van der Waals surface area contributed by atoms with Gasteiger partial charge < -0.3 is 4.74 Å². The van der Waals surface area contributed by atoms with Crippen LogP contribution in [0.4, 0.5) is 0 Å². The van der Waals surface area contributed by atoms with E-state index in [1.165, 1.54) is 16.7 Å². The van der Waals surface area contributed by atoms with Crippen molar-refractivity contribution >= 4 is 0 Å². The van der Waals surface area contributed by atoms with Crippen LogP contribution < -0.4 is 0 Å². The normalized spacial score (nSPS) is 26.7. The first-order valence-corrected chi connectivity index (χ1v) is 6.17. The average molecular weight is 232 g/mol. The third-order valence-electron chi connectivity index (χ3n) is 3.62. The first kappa shape index (κ1) is 9.72. The molecule has 0 aromatic rings. The maximum Gasteiger partial charge on any atom is 0.141 e. The van der Waals surface area contributed by atoms with Crippen LogP contribution >= 0.6 is 0 Å². The van der Waals surface area contributed by atoms with Gasteiger partial charge in [0.05, 0.1) is 6.26 Å². The molecule has 1 heteroatoms. The highest BCUT2D eigenvalue weighted by Crippen LogP contribution is 2.43. The van der Waals surface area contributed by atoms with Crippen molar-refractivity contribution in [1.82, 2.24) is 0 Å². The molecule has 0 amide bonds. The summed E-state index contributed by atoms with van der Waals surface area (Å²) in [6, 6.07) is 0. The van der Waals surface area contributed by atoms with Gasteiger partial charge in [-0.2, -0.15) is 0 Å². The topological polar surface area (TPSA) is 9.23 Å². The molecule has 0 fully saturated rings. The molecule has 0 radical (unpaired) electrons. The molecule has 0 aromatic heterocycles. The van der Waals surface area contributed by atoms with E-state index in [1.807, 2.05) is 6.08 Å². The third-order valence-corrected chi connectivity index (χ3v) is 3.62. The number of ether oxygens (including phenoxy) is 1. The minimum atomic E-state index is 0.385. The van der Waals surface area contributed by atoms with E-state index in [-0.39, 0.29) is 0 Å². The van der Waals surface area contributed by atoms with Gasteiger partial charge in [0.25, 0.3) is 0 Å². The fourth-order valence-electron chi connectivity index (χ4n) is 2.79. The Morgan fingerprint density at radius 2 is 1.94 bits per heavy atom. The Bertz CT molecular complexity index is 658. The van der Waals surface area contributed by atoms with Crippen molar-refractivity contribution in [2.24, 2.45) is 5.92 Å². The summed E-state index contributed by atoms with van der Waals surface area (Å²) in [5.74, 6) is 1.36. The Hall–Kier alpha value is -2.28. The summed E-state index contributed by atoms with van der Waals surface area (Å²) in [5.41, 5.74) is 5.03. The summed E-state index contributed by atoms with van der Waals surface area (Å²) in [6.07, 6.45) is 23.0. The number of allylic oxidation sites excluding steroid dienone is 13. The number of fused-ring (bicyclic) bond motifs is 4. The van der Waals surface area contributed by atoms with Crippen LogP contribution in [0.15, 0.2) is 95.1 Å². The van der Waals surface area contributed by atoms with Crippen molar-refractivity contribution in [2.45, 2.75) is 0 Å². The van der Waals surface area contributed by atoms with E-state index in [2.05, 4.69) is 54.7 Å². The molecule has 1 aliphatic heterocycles. The summed E-state index contributed by atoms with van der Waals surface area (Å²) >= 11 is 0. The molecule has 4 aliphatic rings. The second-order valence-corrected chi connectivity index (χ2v) is 4.66. The zero-order valence-corrected chi connectivity index (χ0v) is 9.84. The Kier molecular flexibility index (Phi) is 1.95. The number of hydrogen-bond donors (Lipinski definition) is 0. The molecule has 0 saturated heterocycles. The summed E-state index contributed by atoms with van der Waals surface area (Å²) < 4.78 is 5.73. The highest BCUT2D eigenvalue weighted by atomic mass is 16.5. The summed E-state index contributed by atoms with van der Waals surface area (Å²) in [6.45, 7) is 0. The molecule has 0 aromatic carbocycles. The molecule has 3 aliphatic carbocycles. The lowest BCUT2D eigenvalue weighted by atomic mass is 9.91. The van der Waals surface area contributed by atoms with Crippen LogP contribution in [-0.2, 0) is 4.74 Å². The highest BCUT2D eigenvalue weighted by molar-refractivity contribution is 5.66. The zero-order valence-electron chi connectivity index (χ0n) is 9.84. The average Bonchev–Trinajstić information content (AvgIpc) is 2.69. The highest BCUT2D eigenvalue weighted by Gasteiger charge is 2.29. The molecule has 0 saturated carbocycles. The van der Waals surface area contributed by atoms with Crippen LogP contribution in [0, 0.1) is 5.92 Å². The van der Waals surface area contributed by atoms with Crippen molar-refractivity contribution in [2.75, 3.05) is 0 Å². The van der Waals surface area contributed by atoms with Gasteiger partial charge in [0.15, 0.2) is 0 Å². The largest absolute Gasteiger partial charge is 0.464 e. The number of rotatable bonds is 0. The Labute approximate surface area is 106 Å². The van der Waals surface area contributed by atoms with Gasteiger partial charge in [-0.25, -0.2) is 0 Å². The van der Waals surface area contributed by atoms with E-state index in [9.17, 15) is 0 Å². The first-order chi connectivity index (χ1) is 8.93. The standard InChI is InChI=1S/C17H12O/c1-2-8-14-13(5-1)11-16-15(14)9-3-6-12-7-4-10-18-17(12)16/h1-11,14H. The van der Waals surface area contributed by atoms with Gasteiger partial charge in [0.1, 0.15) is 5.76 Å². The molecule has 0 bridgehead atoms. The monoisotopic (exact) mass is 232 g/mol. The van der Waals surface area contributed by atoms with Crippen molar-refractivity contribution in [1.29, 1.82) is 0 Å². The minimum absolute atomic E-state index is 0.385. The summed E-state index contributed by atoms with van der Waals surface area (Å²) in [5, 5.41) is 0. The molecule has 18 heavy (non-hydrogen) atoms. The molecule has 0 N–H and O–H groups in total. The Morgan fingerprint density at radius 1 is 0.944 bits per heavy atom. The van der Waals surface area contributed by atoms with Crippen LogP contribution in [0.1, 0.15) is 0 Å². The molecular formula is C17H12O. The SMILES string of the molecule is C1=COC2=C3C=C4C=CC=CC4C3=CC=CC2=C1. The van der Waals surface area contributed by atoms with E-state index in [4.69, 9.17) is 4.74 Å². The second kappa shape index (κ2) is 3.61. The van der Waals surface area contributed by atoms with Crippen LogP contribution in [0.2, 0.25) is 0 Å². The van der Waals surface area contributed by atoms with Crippen molar-refractivity contribution < 1.29 is 4.74 Å². The van der Waals surface area contributed by atoms with Gasteiger partial charge in [0.2, 0.25) is 0 Å². The van der Waals surface area contributed by atoms with Gasteiger partial charge in [-0.3, -0.25) is 0 Å². The second-order valence-electron chi connectivity index (χ2n) is 4.66. The van der Waals surface area contributed by atoms with Crippen molar-refractivity contribution in [3.63, 3.8) is 0 Å². The van der Waals surface area contributed by atoms with E-state index >= 15 is 0 Å². The maximum atomic E-state index is 5.73.